The molecule has 0 saturated heterocycles. The number of rotatable bonds is 3. The second-order valence-corrected chi connectivity index (χ2v) is 6.30. The molecule has 2 aromatic rings. The van der Waals surface area contributed by atoms with Crippen LogP contribution >= 0.6 is 22.9 Å². The summed E-state index contributed by atoms with van der Waals surface area (Å²) in [5, 5.41) is 12.7. The highest BCUT2D eigenvalue weighted by atomic mass is 35.5. The highest BCUT2D eigenvalue weighted by Crippen LogP contribution is 2.31. The highest BCUT2D eigenvalue weighted by Gasteiger charge is 2.14. The van der Waals surface area contributed by atoms with E-state index in [4.69, 9.17) is 16.9 Å². The molecule has 1 aromatic carbocycles. The smallest absolute Gasteiger partial charge is 0.0992 e. The monoisotopic (exact) mass is 288 g/mol. The molecule has 0 aliphatic heterocycles. The third kappa shape index (κ3) is 2.60. The van der Waals surface area contributed by atoms with Gasteiger partial charge in [0, 0.05) is 16.3 Å². The lowest BCUT2D eigenvalue weighted by Gasteiger charge is -2.07. The Labute approximate surface area is 121 Å². The molecule has 1 aliphatic rings. The van der Waals surface area contributed by atoms with E-state index in [1.807, 2.05) is 17.4 Å². The summed E-state index contributed by atoms with van der Waals surface area (Å²) in [5.74, 6) is 0. The number of hydrogen-bond acceptors (Lipinski definition) is 3. The second-order valence-electron chi connectivity index (χ2n) is 4.67. The molecule has 19 heavy (non-hydrogen) atoms. The maximum atomic E-state index is 8.80. The van der Waals surface area contributed by atoms with Gasteiger partial charge in [0.25, 0.3) is 0 Å². The van der Waals surface area contributed by atoms with E-state index in [-0.39, 0.29) is 0 Å². The van der Waals surface area contributed by atoms with Gasteiger partial charge in [-0.25, -0.2) is 0 Å². The van der Waals surface area contributed by atoms with E-state index in [0.717, 1.165) is 12.2 Å². The van der Waals surface area contributed by atoms with Crippen molar-refractivity contribution < 1.29 is 0 Å². The molecule has 96 valence electrons. The van der Waals surface area contributed by atoms with E-state index in [9.17, 15) is 0 Å². The Morgan fingerprint density at radius 1 is 1.32 bits per heavy atom. The van der Waals surface area contributed by atoms with Crippen LogP contribution in [0.4, 0.5) is 5.69 Å². The molecule has 0 spiro atoms. The minimum atomic E-state index is 0.589. The van der Waals surface area contributed by atoms with Crippen molar-refractivity contribution in [3.8, 4) is 6.07 Å². The average Bonchev–Trinajstić information content (AvgIpc) is 2.98. The predicted octanol–water partition coefficient (Wildman–Crippen LogP) is 4.37. The zero-order chi connectivity index (χ0) is 13.2. The van der Waals surface area contributed by atoms with Gasteiger partial charge in [0.15, 0.2) is 0 Å². The minimum Gasteiger partial charge on any atom is -0.379 e. The molecule has 0 amide bonds. The van der Waals surface area contributed by atoms with Crippen LogP contribution in [-0.4, -0.2) is 0 Å². The Bertz CT molecular complexity index is 633. The number of nitrogens with zero attached hydrogens (tertiary/aromatic N) is 1. The summed E-state index contributed by atoms with van der Waals surface area (Å²) in [4.78, 5) is 2.90. The van der Waals surface area contributed by atoms with Gasteiger partial charge < -0.3 is 5.32 Å². The van der Waals surface area contributed by atoms with Crippen LogP contribution in [0.15, 0.2) is 24.3 Å². The van der Waals surface area contributed by atoms with Gasteiger partial charge in [-0.15, -0.1) is 11.3 Å². The van der Waals surface area contributed by atoms with Gasteiger partial charge in [-0.2, -0.15) is 5.26 Å². The Kier molecular flexibility index (Phi) is 3.46. The first kappa shape index (κ1) is 12.5. The Morgan fingerprint density at radius 3 is 2.95 bits per heavy atom. The van der Waals surface area contributed by atoms with Crippen LogP contribution in [0.5, 0.6) is 0 Å². The summed E-state index contributed by atoms with van der Waals surface area (Å²) in [6, 6.07) is 9.72. The van der Waals surface area contributed by atoms with Crippen molar-refractivity contribution >= 4 is 28.6 Å². The maximum Gasteiger partial charge on any atom is 0.0992 e. The Balaban J connectivity index is 1.70. The summed E-state index contributed by atoms with van der Waals surface area (Å²) in [7, 11) is 0. The van der Waals surface area contributed by atoms with E-state index < -0.39 is 0 Å². The zero-order valence-corrected chi connectivity index (χ0v) is 11.9. The molecule has 0 radical (unpaired) electrons. The Hall–Kier alpha value is -1.50. The molecule has 3 rings (SSSR count). The van der Waals surface area contributed by atoms with Crippen molar-refractivity contribution in [2.75, 3.05) is 5.32 Å². The SMILES string of the molecule is N#Cc1ccc(NCc2cc3c(s2)CCC3)c(Cl)c1. The van der Waals surface area contributed by atoms with Crippen molar-refractivity contribution in [1.29, 1.82) is 5.26 Å². The molecule has 1 heterocycles. The number of aryl methyl sites for hydroxylation is 2. The van der Waals surface area contributed by atoms with Gasteiger partial charge in [0.1, 0.15) is 0 Å². The Morgan fingerprint density at radius 2 is 2.21 bits per heavy atom. The molecule has 0 atom stereocenters. The molecule has 1 N–H and O–H groups in total. The van der Waals surface area contributed by atoms with Crippen molar-refractivity contribution in [2.45, 2.75) is 25.8 Å². The van der Waals surface area contributed by atoms with Crippen LogP contribution in [0.25, 0.3) is 0 Å². The van der Waals surface area contributed by atoms with Crippen molar-refractivity contribution in [3.63, 3.8) is 0 Å². The topological polar surface area (TPSA) is 35.8 Å². The summed E-state index contributed by atoms with van der Waals surface area (Å²) in [6.07, 6.45) is 3.76. The molecule has 0 saturated carbocycles. The van der Waals surface area contributed by atoms with Crippen LogP contribution in [0.3, 0.4) is 0 Å². The van der Waals surface area contributed by atoms with E-state index in [1.54, 1.807) is 17.0 Å². The van der Waals surface area contributed by atoms with Crippen LogP contribution in [-0.2, 0) is 19.4 Å². The fraction of sp³-hybridized carbons (Fsp3) is 0.267. The first-order chi connectivity index (χ1) is 9.26. The third-order valence-electron chi connectivity index (χ3n) is 3.35. The normalized spacial score (nSPS) is 13.1. The standard InChI is InChI=1S/C15H13ClN2S/c16-13-6-10(8-17)4-5-14(13)18-9-12-7-11-2-1-3-15(11)19-12/h4-7,18H,1-3,9H2. The number of thiophene rings is 1. The fourth-order valence-electron chi connectivity index (χ4n) is 2.39. The largest absolute Gasteiger partial charge is 0.379 e. The molecule has 0 fully saturated rings. The quantitative estimate of drug-likeness (QED) is 0.910. The summed E-state index contributed by atoms with van der Waals surface area (Å²) in [6.45, 7) is 0.795. The number of hydrogen-bond donors (Lipinski definition) is 1. The van der Waals surface area contributed by atoms with Gasteiger partial charge in [0.05, 0.1) is 22.3 Å². The van der Waals surface area contributed by atoms with Crippen LogP contribution in [0.2, 0.25) is 5.02 Å². The minimum absolute atomic E-state index is 0.589. The fourth-order valence-corrected chi connectivity index (χ4v) is 3.84. The number of fused-ring (bicyclic) bond motifs is 1. The molecule has 0 bridgehead atoms. The van der Waals surface area contributed by atoms with Gasteiger partial charge in [-0.1, -0.05) is 11.6 Å². The predicted molar refractivity (Wildman–Crippen MR) is 79.8 cm³/mol. The number of anilines is 1. The van der Waals surface area contributed by atoms with Gasteiger partial charge in [-0.3, -0.25) is 0 Å². The van der Waals surface area contributed by atoms with Gasteiger partial charge in [0.2, 0.25) is 0 Å². The van der Waals surface area contributed by atoms with Crippen molar-refractivity contribution in [1.82, 2.24) is 0 Å². The molecule has 1 aliphatic carbocycles. The lowest BCUT2D eigenvalue weighted by molar-refractivity contribution is 0.913. The molecule has 1 aromatic heterocycles. The summed E-state index contributed by atoms with van der Waals surface area (Å²) < 4.78 is 0. The first-order valence-corrected chi connectivity index (χ1v) is 7.49. The van der Waals surface area contributed by atoms with E-state index in [2.05, 4.69) is 17.5 Å². The van der Waals surface area contributed by atoms with Crippen LogP contribution in [0, 0.1) is 11.3 Å². The van der Waals surface area contributed by atoms with E-state index in [0.29, 0.717) is 10.6 Å². The van der Waals surface area contributed by atoms with Crippen LogP contribution < -0.4 is 5.32 Å². The molecule has 4 heteroatoms. The van der Waals surface area contributed by atoms with E-state index >= 15 is 0 Å². The second kappa shape index (κ2) is 5.24. The van der Waals surface area contributed by atoms with Crippen molar-refractivity contribution in [2.24, 2.45) is 0 Å². The van der Waals surface area contributed by atoms with Crippen molar-refractivity contribution in [3.05, 3.63) is 50.2 Å². The zero-order valence-electron chi connectivity index (χ0n) is 10.4. The first-order valence-electron chi connectivity index (χ1n) is 6.30. The lowest BCUT2D eigenvalue weighted by atomic mass is 10.2. The number of nitriles is 1. The average molecular weight is 289 g/mol. The molecular weight excluding hydrogens is 276 g/mol. The molecule has 2 nitrogen and oxygen atoms in total. The van der Waals surface area contributed by atoms with E-state index in [1.165, 1.54) is 29.7 Å². The molecule has 0 unspecified atom stereocenters. The van der Waals surface area contributed by atoms with Crippen LogP contribution in [0.1, 0.15) is 27.3 Å². The summed E-state index contributed by atoms with van der Waals surface area (Å²) >= 11 is 8.04. The number of halogens is 1. The number of benzene rings is 1. The highest BCUT2D eigenvalue weighted by molar-refractivity contribution is 7.12. The van der Waals surface area contributed by atoms with Gasteiger partial charge in [-0.05, 0) is 49.1 Å². The van der Waals surface area contributed by atoms with Gasteiger partial charge >= 0.3 is 0 Å². The molecular formula is C15H13ClN2S. The lowest BCUT2D eigenvalue weighted by Crippen LogP contribution is -1.98. The third-order valence-corrected chi connectivity index (χ3v) is 4.90. The number of nitrogens with one attached hydrogen (secondary N) is 1. The summed E-state index contributed by atoms with van der Waals surface area (Å²) in [5.41, 5.74) is 2.99. The maximum absolute atomic E-state index is 8.80.